The van der Waals surface area contributed by atoms with Gasteiger partial charge in [-0.1, -0.05) is 0 Å². The highest BCUT2D eigenvalue weighted by molar-refractivity contribution is 7.87. The van der Waals surface area contributed by atoms with Crippen LogP contribution in [0.1, 0.15) is 12.8 Å². The van der Waals surface area contributed by atoms with Gasteiger partial charge in [-0.05, 0) is 0 Å². The van der Waals surface area contributed by atoms with Crippen molar-refractivity contribution in [2.45, 2.75) is 24.4 Å². The molecule has 2 rings (SSSR count). The number of alkyl halides is 3. The van der Waals surface area contributed by atoms with E-state index < -0.39 is 15.6 Å². The first kappa shape index (κ1) is 11.2. The monoisotopic (exact) mass is 257 g/mol. The second kappa shape index (κ2) is 3.12. The average Bonchev–Trinajstić information content (AvgIpc) is 2.40. The number of halogens is 3. The van der Waals surface area contributed by atoms with E-state index in [4.69, 9.17) is 0 Å². The van der Waals surface area contributed by atoms with E-state index in [1.165, 1.54) is 4.90 Å². The largest absolute Gasteiger partial charge is 0.534 e. The summed E-state index contributed by atoms with van der Waals surface area (Å²) >= 11 is 0. The Morgan fingerprint density at radius 3 is 2.44 bits per heavy atom. The fraction of sp³-hybridized carbons (Fsp3) is 0.571. The van der Waals surface area contributed by atoms with Crippen LogP contribution in [-0.2, 0) is 19.1 Å². The van der Waals surface area contributed by atoms with E-state index in [0.717, 1.165) is 6.20 Å². The summed E-state index contributed by atoms with van der Waals surface area (Å²) in [6.45, 7) is 0. The molecule has 0 radical (unpaired) electrons. The van der Waals surface area contributed by atoms with Crippen molar-refractivity contribution in [3.8, 4) is 0 Å². The first-order chi connectivity index (χ1) is 7.21. The topological polar surface area (TPSA) is 63.7 Å². The van der Waals surface area contributed by atoms with Crippen molar-refractivity contribution in [3.05, 3.63) is 12.0 Å². The molecule has 9 heteroatoms. The number of hydrogen-bond donors (Lipinski definition) is 0. The molecule has 1 fully saturated rings. The summed E-state index contributed by atoms with van der Waals surface area (Å²) in [7, 11) is -5.62. The maximum Gasteiger partial charge on any atom is 0.534 e. The quantitative estimate of drug-likeness (QED) is 0.415. The number of amides is 1. The first-order valence-corrected chi connectivity index (χ1v) is 5.64. The van der Waals surface area contributed by atoms with Gasteiger partial charge in [-0.3, -0.25) is 4.79 Å². The van der Waals surface area contributed by atoms with Gasteiger partial charge in [0.05, 0.1) is 6.04 Å². The molecule has 90 valence electrons. The number of fused-ring (bicyclic) bond motifs is 1. The summed E-state index contributed by atoms with van der Waals surface area (Å²) < 4.78 is 61.0. The lowest BCUT2D eigenvalue weighted by atomic mass is 10.0. The average molecular weight is 257 g/mol. The van der Waals surface area contributed by atoms with Gasteiger partial charge in [0.1, 0.15) is 5.76 Å². The smallest absolute Gasteiger partial charge is 0.379 e. The minimum Gasteiger partial charge on any atom is -0.379 e. The summed E-state index contributed by atoms with van der Waals surface area (Å²) in [6, 6.07) is -0.258. The maximum atomic E-state index is 12.0. The van der Waals surface area contributed by atoms with Crippen molar-refractivity contribution in [1.29, 1.82) is 0 Å². The molecule has 0 spiro atoms. The van der Waals surface area contributed by atoms with E-state index in [0.29, 0.717) is 0 Å². The van der Waals surface area contributed by atoms with Crippen molar-refractivity contribution in [2.75, 3.05) is 0 Å². The zero-order valence-corrected chi connectivity index (χ0v) is 8.51. The van der Waals surface area contributed by atoms with Crippen LogP contribution in [-0.4, -0.2) is 30.8 Å². The number of nitrogens with zero attached hydrogens (tertiary/aromatic N) is 1. The summed E-state index contributed by atoms with van der Waals surface area (Å²) in [5, 5.41) is 0. The molecule has 0 bridgehead atoms. The third-order valence-electron chi connectivity index (χ3n) is 2.31. The van der Waals surface area contributed by atoms with Gasteiger partial charge in [0.2, 0.25) is 5.91 Å². The molecule has 0 aliphatic carbocycles. The van der Waals surface area contributed by atoms with Crippen molar-refractivity contribution in [3.63, 3.8) is 0 Å². The van der Waals surface area contributed by atoms with Gasteiger partial charge in [0.25, 0.3) is 0 Å². The highest BCUT2D eigenvalue weighted by atomic mass is 32.2. The van der Waals surface area contributed by atoms with Gasteiger partial charge < -0.3 is 9.08 Å². The molecule has 1 amide bonds. The fourth-order valence-corrected chi connectivity index (χ4v) is 2.02. The zero-order chi connectivity index (χ0) is 12.1. The molecule has 0 N–H and O–H groups in total. The van der Waals surface area contributed by atoms with Crippen LogP contribution in [0, 0.1) is 0 Å². The minimum absolute atomic E-state index is 0.00104. The predicted molar refractivity (Wildman–Crippen MR) is 44.0 cm³/mol. The number of β-lactam (4-membered cyclic amide) rings is 1. The van der Waals surface area contributed by atoms with Crippen molar-refractivity contribution in [1.82, 2.24) is 4.90 Å². The van der Waals surface area contributed by atoms with Gasteiger partial charge in [-0.25, -0.2) is 0 Å². The Kier molecular flexibility index (Phi) is 2.19. The molecular formula is C7H6F3NO4S. The highest BCUT2D eigenvalue weighted by Crippen LogP contribution is 2.36. The zero-order valence-electron chi connectivity index (χ0n) is 7.69. The van der Waals surface area contributed by atoms with E-state index in [-0.39, 0.29) is 30.5 Å². The highest BCUT2D eigenvalue weighted by Gasteiger charge is 2.50. The van der Waals surface area contributed by atoms with Crippen LogP contribution in [0.15, 0.2) is 12.0 Å². The van der Waals surface area contributed by atoms with Crippen LogP contribution in [0.25, 0.3) is 0 Å². The van der Waals surface area contributed by atoms with Crippen LogP contribution in [0.5, 0.6) is 0 Å². The summed E-state index contributed by atoms with van der Waals surface area (Å²) in [4.78, 5) is 12.0. The molecule has 1 atom stereocenters. The molecule has 1 saturated heterocycles. The first-order valence-electron chi connectivity index (χ1n) is 4.23. The Morgan fingerprint density at radius 2 is 2.00 bits per heavy atom. The molecule has 16 heavy (non-hydrogen) atoms. The lowest BCUT2D eigenvalue weighted by molar-refractivity contribution is -0.140. The van der Waals surface area contributed by atoms with Gasteiger partial charge in [0, 0.05) is 19.0 Å². The second-order valence-corrected chi connectivity index (χ2v) is 4.98. The van der Waals surface area contributed by atoms with E-state index >= 15 is 0 Å². The van der Waals surface area contributed by atoms with E-state index in [9.17, 15) is 26.4 Å². The van der Waals surface area contributed by atoms with Gasteiger partial charge in [-0.15, -0.1) is 0 Å². The number of carbonyl (C=O) groups is 1. The molecule has 2 aliphatic rings. The molecule has 2 heterocycles. The fourth-order valence-electron chi connectivity index (χ4n) is 1.53. The van der Waals surface area contributed by atoms with Gasteiger partial charge in [-0.2, -0.15) is 21.6 Å². The Labute approximate surface area is 88.6 Å². The van der Waals surface area contributed by atoms with Crippen LogP contribution in [0.2, 0.25) is 0 Å². The summed E-state index contributed by atoms with van der Waals surface area (Å²) in [5.41, 5.74) is -5.45. The lowest BCUT2D eigenvalue weighted by Gasteiger charge is -2.32. The SMILES string of the molecule is O=C1C[C@H]2CC(OS(=O)(=O)C(F)(F)F)=CN12. The van der Waals surface area contributed by atoms with Crippen molar-refractivity contribution < 1.29 is 30.6 Å². The van der Waals surface area contributed by atoms with E-state index in [2.05, 4.69) is 4.18 Å². The van der Waals surface area contributed by atoms with E-state index in [1.54, 1.807) is 0 Å². The minimum atomic E-state index is -5.62. The lowest BCUT2D eigenvalue weighted by Crippen LogP contribution is -2.45. The predicted octanol–water partition coefficient (Wildman–Crippen LogP) is 0.699. The van der Waals surface area contributed by atoms with Crippen molar-refractivity contribution in [2.24, 2.45) is 0 Å². The third-order valence-corrected chi connectivity index (χ3v) is 3.31. The summed E-state index contributed by atoms with van der Waals surface area (Å²) in [5.74, 6) is -0.610. The molecule has 0 saturated carbocycles. The van der Waals surface area contributed by atoms with Crippen molar-refractivity contribution >= 4 is 16.0 Å². The Balaban J connectivity index is 2.10. The van der Waals surface area contributed by atoms with Crippen LogP contribution in [0.3, 0.4) is 0 Å². The van der Waals surface area contributed by atoms with Crippen LogP contribution in [0.4, 0.5) is 13.2 Å². The molecule has 2 aliphatic heterocycles. The van der Waals surface area contributed by atoms with Crippen LogP contribution < -0.4 is 0 Å². The molecule has 5 nitrogen and oxygen atoms in total. The standard InChI is InChI=1S/C7H6F3NO4S/c8-7(9,10)16(13,14)15-5-1-4-2-6(12)11(4)3-5/h3-4H,1-2H2/t4-/m1/s1. The summed E-state index contributed by atoms with van der Waals surface area (Å²) in [6.07, 6.45) is 1.20. The third kappa shape index (κ3) is 1.64. The normalized spacial score (nSPS) is 24.9. The van der Waals surface area contributed by atoms with Crippen LogP contribution >= 0.6 is 0 Å². The Bertz CT molecular complexity index is 467. The van der Waals surface area contributed by atoms with E-state index in [1.807, 2.05) is 0 Å². The Morgan fingerprint density at radius 1 is 1.38 bits per heavy atom. The number of rotatable bonds is 2. The Hall–Kier alpha value is -1.25. The molecular weight excluding hydrogens is 251 g/mol. The molecule has 0 aromatic rings. The second-order valence-electron chi connectivity index (χ2n) is 3.44. The van der Waals surface area contributed by atoms with Gasteiger partial charge >= 0.3 is 15.6 Å². The maximum absolute atomic E-state index is 12.0. The van der Waals surface area contributed by atoms with Gasteiger partial charge in [0.15, 0.2) is 0 Å². The molecule has 0 aromatic heterocycles. The number of carbonyl (C=O) groups excluding carboxylic acids is 1. The number of hydrogen-bond acceptors (Lipinski definition) is 4. The molecule has 0 unspecified atom stereocenters. The molecule has 0 aromatic carbocycles.